The van der Waals surface area contributed by atoms with Crippen molar-refractivity contribution in [3.63, 3.8) is 0 Å². The molecule has 0 bridgehead atoms. The van der Waals surface area contributed by atoms with Crippen LogP contribution in [0.4, 0.5) is 0 Å². The lowest BCUT2D eigenvalue weighted by Gasteiger charge is -2.24. The first-order valence-corrected chi connectivity index (χ1v) is 7.64. The molecule has 1 aromatic carbocycles. The lowest BCUT2D eigenvalue weighted by molar-refractivity contribution is 0.0812. The second-order valence-electron chi connectivity index (χ2n) is 5.41. The Morgan fingerprint density at radius 2 is 2.17 bits per heavy atom. The fraction of sp³-hybridized carbons (Fsp3) is 0.600. The maximum Gasteiger partial charge on any atom is 0.0724 e. The second kappa shape index (κ2) is 5.32. The van der Waals surface area contributed by atoms with Crippen LogP contribution in [0.2, 0.25) is 0 Å². The van der Waals surface area contributed by atoms with Gasteiger partial charge in [-0.15, -0.1) is 0 Å². The molecule has 98 valence electrons. The van der Waals surface area contributed by atoms with Gasteiger partial charge in [0.1, 0.15) is 0 Å². The zero-order valence-electron chi connectivity index (χ0n) is 10.8. The number of ether oxygens (including phenoxy) is 1. The number of rotatable bonds is 3. The molecule has 3 heteroatoms. The maximum atomic E-state index is 5.57. The first-order valence-electron chi connectivity index (χ1n) is 6.85. The standard InChI is InChI=1S/C15H20BrNO/c1-18-15-4-2-3-14(15)17-13-8-5-10-9-11(16)6-7-12(10)13/h6-7,9,13-15,17H,2-5,8H2,1H3. The van der Waals surface area contributed by atoms with Crippen LogP contribution in [0.15, 0.2) is 22.7 Å². The van der Waals surface area contributed by atoms with Crippen LogP contribution in [0.25, 0.3) is 0 Å². The summed E-state index contributed by atoms with van der Waals surface area (Å²) < 4.78 is 6.76. The molecule has 0 aromatic heterocycles. The maximum absolute atomic E-state index is 5.57. The summed E-state index contributed by atoms with van der Waals surface area (Å²) in [5, 5.41) is 3.81. The van der Waals surface area contributed by atoms with Gasteiger partial charge in [0, 0.05) is 23.7 Å². The van der Waals surface area contributed by atoms with E-state index in [-0.39, 0.29) is 0 Å². The number of fused-ring (bicyclic) bond motifs is 1. The van der Waals surface area contributed by atoms with Gasteiger partial charge in [-0.25, -0.2) is 0 Å². The van der Waals surface area contributed by atoms with Gasteiger partial charge in [0.15, 0.2) is 0 Å². The number of hydrogen-bond donors (Lipinski definition) is 1. The van der Waals surface area contributed by atoms with E-state index in [2.05, 4.69) is 39.4 Å². The molecule has 18 heavy (non-hydrogen) atoms. The number of hydrogen-bond acceptors (Lipinski definition) is 2. The normalized spacial score (nSPS) is 30.7. The van der Waals surface area contributed by atoms with Crippen LogP contribution in [0.5, 0.6) is 0 Å². The average Bonchev–Trinajstić information content (AvgIpc) is 2.96. The lowest BCUT2D eigenvalue weighted by Crippen LogP contribution is -2.38. The summed E-state index contributed by atoms with van der Waals surface area (Å²) in [6.45, 7) is 0. The summed E-state index contributed by atoms with van der Waals surface area (Å²) >= 11 is 3.55. The molecule has 2 aliphatic carbocycles. The third kappa shape index (κ3) is 2.36. The molecule has 2 aliphatic rings. The topological polar surface area (TPSA) is 21.3 Å². The zero-order valence-corrected chi connectivity index (χ0v) is 12.4. The van der Waals surface area contributed by atoms with E-state index < -0.39 is 0 Å². The zero-order chi connectivity index (χ0) is 12.5. The lowest BCUT2D eigenvalue weighted by atomic mass is 10.1. The third-order valence-corrected chi connectivity index (χ3v) is 4.85. The van der Waals surface area contributed by atoms with Crippen molar-refractivity contribution < 1.29 is 4.74 Å². The van der Waals surface area contributed by atoms with Crippen LogP contribution < -0.4 is 5.32 Å². The number of benzene rings is 1. The predicted octanol–water partition coefficient (Wildman–Crippen LogP) is 3.59. The van der Waals surface area contributed by atoms with Gasteiger partial charge in [-0.05, 0) is 55.4 Å². The molecule has 0 amide bonds. The van der Waals surface area contributed by atoms with E-state index in [9.17, 15) is 0 Å². The average molecular weight is 310 g/mol. The Morgan fingerprint density at radius 1 is 1.28 bits per heavy atom. The second-order valence-corrected chi connectivity index (χ2v) is 6.33. The number of nitrogens with one attached hydrogen (secondary N) is 1. The minimum Gasteiger partial charge on any atom is -0.380 e. The van der Waals surface area contributed by atoms with Crippen molar-refractivity contribution in [3.8, 4) is 0 Å². The SMILES string of the molecule is COC1CCCC1NC1CCc2cc(Br)ccc21. The van der Waals surface area contributed by atoms with Crippen LogP contribution in [0.3, 0.4) is 0 Å². The molecular formula is C15H20BrNO. The minimum atomic E-state index is 0.407. The van der Waals surface area contributed by atoms with Crippen LogP contribution >= 0.6 is 15.9 Å². The monoisotopic (exact) mass is 309 g/mol. The number of halogens is 1. The summed E-state index contributed by atoms with van der Waals surface area (Å²) in [6.07, 6.45) is 6.56. The molecule has 0 radical (unpaired) electrons. The molecule has 1 N–H and O–H groups in total. The number of methoxy groups -OCH3 is 1. The molecule has 0 aliphatic heterocycles. The van der Waals surface area contributed by atoms with Gasteiger partial charge in [0.05, 0.1) is 6.10 Å². The van der Waals surface area contributed by atoms with E-state index in [4.69, 9.17) is 4.74 Å². The van der Waals surface area contributed by atoms with Crippen molar-refractivity contribution in [2.75, 3.05) is 7.11 Å². The molecule has 1 fully saturated rings. The van der Waals surface area contributed by atoms with E-state index in [0.29, 0.717) is 18.2 Å². The summed E-state index contributed by atoms with van der Waals surface area (Å²) in [6, 6.07) is 7.74. The highest BCUT2D eigenvalue weighted by Crippen LogP contribution is 2.35. The van der Waals surface area contributed by atoms with E-state index in [1.165, 1.54) is 47.7 Å². The van der Waals surface area contributed by atoms with E-state index in [0.717, 1.165) is 0 Å². The van der Waals surface area contributed by atoms with Gasteiger partial charge < -0.3 is 10.1 Å². The highest BCUT2D eigenvalue weighted by atomic mass is 79.9. The molecular weight excluding hydrogens is 290 g/mol. The summed E-state index contributed by atoms with van der Waals surface area (Å²) in [7, 11) is 1.84. The van der Waals surface area contributed by atoms with Gasteiger partial charge in [-0.1, -0.05) is 22.0 Å². The molecule has 1 saturated carbocycles. The highest BCUT2D eigenvalue weighted by Gasteiger charge is 2.31. The van der Waals surface area contributed by atoms with Crippen molar-refractivity contribution in [2.45, 2.75) is 50.3 Å². The van der Waals surface area contributed by atoms with Crippen molar-refractivity contribution >= 4 is 15.9 Å². The summed E-state index contributed by atoms with van der Waals surface area (Å²) in [5.74, 6) is 0. The van der Waals surface area contributed by atoms with Crippen LogP contribution in [-0.2, 0) is 11.2 Å². The molecule has 0 heterocycles. The highest BCUT2D eigenvalue weighted by molar-refractivity contribution is 9.10. The van der Waals surface area contributed by atoms with Crippen LogP contribution in [0, 0.1) is 0 Å². The van der Waals surface area contributed by atoms with E-state index >= 15 is 0 Å². The van der Waals surface area contributed by atoms with Crippen LogP contribution in [0.1, 0.15) is 42.9 Å². The first kappa shape index (κ1) is 12.6. The number of aryl methyl sites for hydroxylation is 1. The quantitative estimate of drug-likeness (QED) is 0.921. The largest absolute Gasteiger partial charge is 0.380 e. The van der Waals surface area contributed by atoms with Crippen molar-refractivity contribution in [2.24, 2.45) is 0 Å². The summed E-state index contributed by atoms with van der Waals surface area (Å²) in [5.41, 5.74) is 2.98. The van der Waals surface area contributed by atoms with Crippen molar-refractivity contribution in [1.82, 2.24) is 5.32 Å². The minimum absolute atomic E-state index is 0.407. The fourth-order valence-electron chi connectivity index (χ4n) is 3.42. The molecule has 1 aromatic rings. The van der Waals surface area contributed by atoms with Gasteiger partial charge in [-0.3, -0.25) is 0 Å². The summed E-state index contributed by atoms with van der Waals surface area (Å²) in [4.78, 5) is 0. The third-order valence-electron chi connectivity index (χ3n) is 4.35. The molecule has 3 unspecified atom stereocenters. The Balaban J connectivity index is 1.73. The van der Waals surface area contributed by atoms with E-state index in [1.54, 1.807) is 0 Å². The van der Waals surface area contributed by atoms with Crippen LogP contribution in [-0.4, -0.2) is 19.3 Å². The first-order chi connectivity index (χ1) is 8.78. The van der Waals surface area contributed by atoms with Crippen molar-refractivity contribution in [1.29, 1.82) is 0 Å². The Bertz CT molecular complexity index is 435. The van der Waals surface area contributed by atoms with Crippen molar-refractivity contribution in [3.05, 3.63) is 33.8 Å². The Morgan fingerprint density at radius 3 is 3.00 bits per heavy atom. The van der Waals surface area contributed by atoms with Gasteiger partial charge in [0.25, 0.3) is 0 Å². The molecule has 2 nitrogen and oxygen atoms in total. The van der Waals surface area contributed by atoms with E-state index in [1.807, 2.05) is 7.11 Å². The molecule has 3 atom stereocenters. The Kier molecular flexibility index (Phi) is 3.73. The molecule has 0 saturated heterocycles. The Hall–Kier alpha value is -0.380. The van der Waals surface area contributed by atoms with Gasteiger partial charge in [0.2, 0.25) is 0 Å². The molecule has 0 spiro atoms. The smallest absolute Gasteiger partial charge is 0.0724 e. The molecule has 3 rings (SSSR count). The Labute approximate surface area is 117 Å². The van der Waals surface area contributed by atoms with Gasteiger partial charge >= 0.3 is 0 Å². The van der Waals surface area contributed by atoms with Gasteiger partial charge in [-0.2, -0.15) is 0 Å². The predicted molar refractivity (Wildman–Crippen MR) is 76.8 cm³/mol. The fourth-order valence-corrected chi connectivity index (χ4v) is 3.82.